The standard InChI is InChI=1S/C5H8N2O/c1-3-4-7-5(8)6-2/h3-4H,1H2,2H3,(H,6,8)/b7-4-. The molecule has 0 saturated carbocycles. The van der Waals surface area contributed by atoms with Crippen molar-refractivity contribution >= 4 is 12.2 Å². The number of amides is 2. The van der Waals surface area contributed by atoms with Crippen molar-refractivity contribution in [2.45, 2.75) is 0 Å². The van der Waals surface area contributed by atoms with E-state index < -0.39 is 0 Å². The molecule has 0 aromatic rings. The average molecular weight is 112 g/mol. The van der Waals surface area contributed by atoms with Gasteiger partial charge in [0.05, 0.1) is 0 Å². The van der Waals surface area contributed by atoms with E-state index in [2.05, 4.69) is 16.9 Å². The zero-order valence-electron chi connectivity index (χ0n) is 4.72. The second-order valence-electron chi connectivity index (χ2n) is 1.07. The van der Waals surface area contributed by atoms with Gasteiger partial charge >= 0.3 is 6.03 Å². The molecule has 0 aromatic heterocycles. The molecule has 0 saturated heterocycles. The maximum atomic E-state index is 10.2. The number of allylic oxidation sites excluding steroid dienone is 1. The van der Waals surface area contributed by atoms with Gasteiger partial charge in [0.2, 0.25) is 0 Å². The van der Waals surface area contributed by atoms with Crippen molar-refractivity contribution < 1.29 is 4.79 Å². The van der Waals surface area contributed by atoms with Gasteiger partial charge in [-0.2, -0.15) is 0 Å². The van der Waals surface area contributed by atoms with Crippen molar-refractivity contribution in [2.75, 3.05) is 7.05 Å². The molecule has 0 aromatic carbocycles. The number of rotatable bonds is 1. The molecule has 2 amide bonds. The number of aliphatic imine (C=N–C) groups is 1. The summed E-state index contributed by atoms with van der Waals surface area (Å²) in [5.41, 5.74) is 0. The Morgan fingerprint density at radius 3 is 2.88 bits per heavy atom. The van der Waals surface area contributed by atoms with E-state index in [4.69, 9.17) is 0 Å². The number of urea groups is 1. The number of carbonyl (C=O) groups is 1. The highest BCUT2D eigenvalue weighted by Crippen LogP contribution is 1.67. The first kappa shape index (κ1) is 6.88. The number of hydrogen-bond acceptors (Lipinski definition) is 1. The largest absolute Gasteiger partial charge is 0.340 e. The van der Waals surface area contributed by atoms with Crippen molar-refractivity contribution in [3.63, 3.8) is 0 Å². The molecule has 0 unspecified atom stereocenters. The molecule has 0 rings (SSSR count). The molecular formula is C5H8N2O. The highest BCUT2D eigenvalue weighted by Gasteiger charge is 1.83. The SMILES string of the molecule is C=C/C=N\C(=O)NC. The second-order valence-corrected chi connectivity index (χ2v) is 1.07. The van der Waals surface area contributed by atoms with Crippen molar-refractivity contribution in [2.24, 2.45) is 4.99 Å². The van der Waals surface area contributed by atoms with Gasteiger partial charge in [0.25, 0.3) is 0 Å². The highest BCUT2D eigenvalue weighted by molar-refractivity contribution is 5.86. The van der Waals surface area contributed by atoms with E-state index >= 15 is 0 Å². The summed E-state index contributed by atoms with van der Waals surface area (Å²) in [6.45, 7) is 3.34. The van der Waals surface area contributed by atoms with Crippen LogP contribution in [0, 0.1) is 0 Å². The molecule has 0 spiro atoms. The summed E-state index contributed by atoms with van der Waals surface area (Å²) < 4.78 is 0. The predicted octanol–water partition coefficient (Wildman–Crippen LogP) is 0.583. The number of nitrogens with one attached hydrogen (secondary N) is 1. The highest BCUT2D eigenvalue weighted by atomic mass is 16.2. The van der Waals surface area contributed by atoms with Gasteiger partial charge in [0.1, 0.15) is 0 Å². The first-order valence-electron chi connectivity index (χ1n) is 2.18. The number of hydrogen-bond donors (Lipinski definition) is 1. The van der Waals surface area contributed by atoms with E-state index in [1.165, 1.54) is 19.3 Å². The van der Waals surface area contributed by atoms with E-state index in [0.717, 1.165) is 0 Å². The van der Waals surface area contributed by atoms with Crippen molar-refractivity contribution in [1.29, 1.82) is 0 Å². The molecule has 0 bridgehead atoms. The molecule has 3 heteroatoms. The third-order valence-electron chi connectivity index (χ3n) is 0.511. The fourth-order valence-corrected chi connectivity index (χ4v) is 0.185. The van der Waals surface area contributed by atoms with Crippen LogP contribution >= 0.6 is 0 Å². The quantitative estimate of drug-likeness (QED) is 0.495. The van der Waals surface area contributed by atoms with Crippen LogP contribution in [0.2, 0.25) is 0 Å². The van der Waals surface area contributed by atoms with Gasteiger partial charge in [-0.15, -0.1) is 0 Å². The molecule has 0 aliphatic rings. The lowest BCUT2D eigenvalue weighted by Crippen LogP contribution is -2.12. The van der Waals surface area contributed by atoms with E-state index in [0.29, 0.717) is 0 Å². The third-order valence-corrected chi connectivity index (χ3v) is 0.511. The summed E-state index contributed by atoms with van der Waals surface area (Å²) in [5.74, 6) is 0. The summed E-state index contributed by atoms with van der Waals surface area (Å²) in [4.78, 5) is 13.6. The second kappa shape index (κ2) is 4.05. The molecule has 0 aliphatic heterocycles. The lowest BCUT2D eigenvalue weighted by atomic mass is 10.7. The topological polar surface area (TPSA) is 41.5 Å². The maximum Gasteiger partial charge on any atom is 0.340 e. The first-order chi connectivity index (χ1) is 3.81. The van der Waals surface area contributed by atoms with Crippen LogP contribution in [0.1, 0.15) is 0 Å². The zero-order valence-corrected chi connectivity index (χ0v) is 4.72. The lowest BCUT2D eigenvalue weighted by molar-refractivity contribution is 0.251. The summed E-state index contributed by atoms with van der Waals surface area (Å²) in [6.07, 6.45) is 2.77. The van der Waals surface area contributed by atoms with Gasteiger partial charge in [-0.1, -0.05) is 12.7 Å². The zero-order chi connectivity index (χ0) is 6.41. The van der Waals surface area contributed by atoms with Gasteiger partial charge in [-0.05, 0) is 0 Å². The van der Waals surface area contributed by atoms with E-state index in [1.807, 2.05) is 0 Å². The Balaban J connectivity index is 3.52. The molecule has 0 atom stereocenters. The van der Waals surface area contributed by atoms with Crippen molar-refractivity contribution in [3.8, 4) is 0 Å². The molecule has 0 fully saturated rings. The lowest BCUT2D eigenvalue weighted by Gasteiger charge is -1.84. The fourth-order valence-electron chi connectivity index (χ4n) is 0.185. The van der Waals surface area contributed by atoms with Gasteiger partial charge in [0, 0.05) is 13.3 Å². The minimum atomic E-state index is -0.357. The summed E-state index contributed by atoms with van der Waals surface area (Å²) in [6, 6.07) is -0.357. The van der Waals surface area contributed by atoms with Gasteiger partial charge in [0.15, 0.2) is 0 Å². The summed E-state index contributed by atoms with van der Waals surface area (Å²) in [7, 11) is 1.52. The Morgan fingerprint density at radius 2 is 2.50 bits per heavy atom. The van der Waals surface area contributed by atoms with Crippen LogP contribution in [-0.4, -0.2) is 19.3 Å². The molecule has 0 radical (unpaired) electrons. The number of nitrogens with zero attached hydrogens (tertiary/aromatic N) is 1. The minimum absolute atomic E-state index is 0.357. The minimum Gasteiger partial charge on any atom is -0.339 e. The Bertz CT molecular complexity index is 118. The predicted molar refractivity (Wildman–Crippen MR) is 33.1 cm³/mol. The molecule has 3 nitrogen and oxygen atoms in total. The Hall–Kier alpha value is -1.12. The monoisotopic (exact) mass is 112 g/mol. The van der Waals surface area contributed by atoms with Crippen LogP contribution in [0.4, 0.5) is 4.79 Å². The molecule has 0 heterocycles. The van der Waals surface area contributed by atoms with Crippen molar-refractivity contribution in [1.82, 2.24) is 5.32 Å². The van der Waals surface area contributed by atoms with Crippen molar-refractivity contribution in [3.05, 3.63) is 12.7 Å². The van der Waals surface area contributed by atoms with Gasteiger partial charge in [-0.25, -0.2) is 9.79 Å². The van der Waals surface area contributed by atoms with Crippen LogP contribution in [0.3, 0.4) is 0 Å². The number of carbonyl (C=O) groups excluding carboxylic acids is 1. The maximum absolute atomic E-state index is 10.2. The van der Waals surface area contributed by atoms with E-state index in [1.54, 1.807) is 0 Å². The molecular weight excluding hydrogens is 104 g/mol. The molecule has 44 valence electrons. The van der Waals surface area contributed by atoms with Crippen LogP contribution in [-0.2, 0) is 0 Å². The average Bonchev–Trinajstić information content (AvgIpc) is 1.83. The van der Waals surface area contributed by atoms with Crippen LogP contribution in [0.25, 0.3) is 0 Å². The summed E-state index contributed by atoms with van der Waals surface area (Å²) in [5, 5.41) is 2.32. The fraction of sp³-hybridized carbons (Fsp3) is 0.200. The Kier molecular flexibility index (Phi) is 3.48. The third kappa shape index (κ3) is 3.08. The van der Waals surface area contributed by atoms with E-state index in [9.17, 15) is 4.79 Å². The molecule has 1 N–H and O–H groups in total. The van der Waals surface area contributed by atoms with E-state index in [-0.39, 0.29) is 6.03 Å². The van der Waals surface area contributed by atoms with Crippen LogP contribution in [0.15, 0.2) is 17.6 Å². The van der Waals surface area contributed by atoms with Gasteiger partial charge < -0.3 is 5.32 Å². The Labute approximate surface area is 48.1 Å². The van der Waals surface area contributed by atoms with Crippen LogP contribution < -0.4 is 5.32 Å². The molecule has 8 heavy (non-hydrogen) atoms. The Morgan fingerprint density at radius 1 is 1.88 bits per heavy atom. The summed E-state index contributed by atoms with van der Waals surface area (Å²) >= 11 is 0. The molecule has 0 aliphatic carbocycles. The van der Waals surface area contributed by atoms with Gasteiger partial charge in [-0.3, -0.25) is 0 Å². The van der Waals surface area contributed by atoms with Crippen LogP contribution in [0.5, 0.6) is 0 Å². The first-order valence-corrected chi connectivity index (χ1v) is 2.18. The normalized spacial score (nSPS) is 9.12. The smallest absolute Gasteiger partial charge is 0.339 e.